The quantitative estimate of drug-likeness (QED) is 0.584. The number of carbonyl (C=O) groups excluding carboxylic acids is 3. The van der Waals surface area contributed by atoms with E-state index in [1.807, 2.05) is 30.3 Å². The molecule has 0 saturated carbocycles. The lowest BCUT2D eigenvalue weighted by atomic mass is 10.2. The van der Waals surface area contributed by atoms with Gasteiger partial charge in [-0.05, 0) is 36.4 Å². The van der Waals surface area contributed by atoms with Gasteiger partial charge in [0.05, 0.1) is 18.2 Å². The second kappa shape index (κ2) is 10.2. The topological polar surface area (TPSA) is 94.6 Å². The van der Waals surface area contributed by atoms with Gasteiger partial charge in [0.2, 0.25) is 0 Å². The Hall–Kier alpha value is -3.65. The first-order chi connectivity index (χ1) is 14.6. The van der Waals surface area contributed by atoms with Gasteiger partial charge in [0.1, 0.15) is 10.8 Å². The molecule has 1 aromatic heterocycles. The first-order valence-electron chi connectivity index (χ1n) is 8.90. The lowest BCUT2D eigenvalue weighted by Crippen LogP contribution is -2.34. The van der Waals surface area contributed by atoms with E-state index in [9.17, 15) is 14.4 Å². The minimum Gasteiger partial charge on any atom is -0.496 e. The van der Waals surface area contributed by atoms with Crippen LogP contribution in [0.25, 0.3) is 0 Å². The first kappa shape index (κ1) is 21.1. The van der Waals surface area contributed by atoms with Crippen molar-refractivity contribution in [2.24, 2.45) is 0 Å². The summed E-state index contributed by atoms with van der Waals surface area (Å²) in [5.74, 6) is -1.77. The molecule has 0 saturated heterocycles. The molecule has 1 heterocycles. The predicted octanol–water partition coefficient (Wildman–Crippen LogP) is 3.35. The zero-order valence-electron chi connectivity index (χ0n) is 16.0. The number of pyridine rings is 1. The van der Waals surface area contributed by atoms with Gasteiger partial charge in [0.25, 0.3) is 11.8 Å². The number of imide groups is 1. The fourth-order valence-electron chi connectivity index (χ4n) is 2.50. The molecule has 0 aliphatic rings. The summed E-state index contributed by atoms with van der Waals surface area (Å²) in [4.78, 5) is 41.9. The fourth-order valence-corrected chi connectivity index (χ4v) is 3.39. The standard InChI is InChI=1S/C22H18N2O5S/c1-28-18-12-6-5-10-16(18)20(26)24-19(25)14-29-22(27)17-11-7-13-23-21(17)30-15-8-3-2-4-9-15/h2-13H,14H2,1H3,(H,24,25,26). The molecule has 0 unspecified atom stereocenters. The highest BCUT2D eigenvalue weighted by Crippen LogP contribution is 2.28. The molecule has 1 N–H and O–H groups in total. The number of para-hydroxylation sites is 1. The maximum Gasteiger partial charge on any atom is 0.341 e. The van der Waals surface area contributed by atoms with Gasteiger partial charge in [-0.25, -0.2) is 9.78 Å². The molecule has 7 nitrogen and oxygen atoms in total. The Labute approximate surface area is 177 Å². The van der Waals surface area contributed by atoms with Gasteiger partial charge in [0, 0.05) is 11.1 Å². The molecule has 0 radical (unpaired) electrons. The van der Waals surface area contributed by atoms with E-state index in [1.54, 1.807) is 36.5 Å². The summed E-state index contributed by atoms with van der Waals surface area (Å²) in [7, 11) is 1.43. The van der Waals surface area contributed by atoms with Gasteiger partial charge in [-0.2, -0.15) is 0 Å². The second-order valence-electron chi connectivity index (χ2n) is 5.92. The normalized spacial score (nSPS) is 10.2. The summed E-state index contributed by atoms with van der Waals surface area (Å²) in [5, 5.41) is 2.63. The maximum absolute atomic E-state index is 12.5. The van der Waals surface area contributed by atoms with Crippen LogP contribution in [0.2, 0.25) is 0 Å². The highest BCUT2D eigenvalue weighted by Gasteiger charge is 2.18. The highest BCUT2D eigenvalue weighted by molar-refractivity contribution is 7.99. The Bertz CT molecular complexity index is 1060. The molecule has 0 atom stereocenters. The number of hydrogen-bond donors (Lipinski definition) is 1. The SMILES string of the molecule is COc1ccccc1C(=O)NC(=O)COC(=O)c1cccnc1Sc1ccccc1. The summed E-state index contributed by atoms with van der Waals surface area (Å²) in [6.45, 7) is -0.607. The minimum atomic E-state index is -0.750. The minimum absolute atomic E-state index is 0.202. The number of rotatable bonds is 7. The lowest BCUT2D eigenvalue weighted by molar-refractivity contribution is -0.123. The van der Waals surface area contributed by atoms with Crippen LogP contribution in [-0.4, -0.2) is 36.5 Å². The van der Waals surface area contributed by atoms with E-state index in [-0.39, 0.29) is 11.1 Å². The van der Waals surface area contributed by atoms with E-state index >= 15 is 0 Å². The number of ether oxygens (including phenoxy) is 2. The Morgan fingerprint density at radius 3 is 2.40 bits per heavy atom. The number of nitrogens with one attached hydrogen (secondary N) is 1. The molecule has 0 fully saturated rings. The molecule has 2 amide bonds. The second-order valence-corrected chi connectivity index (χ2v) is 6.99. The lowest BCUT2D eigenvalue weighted by Gasteiger charge is -2.10. The van der Waals surface area contributed by atoms with E-state index in [2.05, 4.69) is 10.3 Å². The van der Waals surface area contributed by atoms with Crippen molar-refractivity contribution in [3.8, 4) is 5.75 Å². The Morgan fingerprint density at radius 1 is 0.933 bits per heavy atom. The summed E-state index contributed by atoms with van der Waals surface area (Å²) < 4.78 is 10.2. The summed E-state index contributed by atoms with van der Waals surface area (Å²) in [5.41, 5.74) is 0.434. The average molecular weight is 422 g/mol. The Morgan fingerprint density at radius 2 is 1.63 bits per heavy atom. The number of amides is 2. The molecule has 0 spiro atoms. The van der Waals surface area contributed by atoms with Crippen molar-refractivity contribution in [1.29, 1.82) is 0 Å². The fraction of sp³-hybridized carbons (Fsp3) is 0.0909. The van der Waals surface area contributed by atoms with Crippen LogP contribution < -0.4 is 10.1 Å². The summed E-state index contributed by atoms with van der Waals surface area (Å²) >= 11 is 1.31. The third-order valence-corrected chi connectivity index (χ3v) is 4.91. The zero-order chi connectivity index (χ0) is 21.3. The molecule has 152 valence electrons. The maximum atomic E-state index is 12.5. The van der Waals surface area contributed by atoms with Crippen molar-refractivity contribution in [2.45, 2.75) is 9.92 Å². The van der Waals surface area contributed by atoms with Gasteiger partial charge in [-0.15, -0.1) is 0 Å². The van der Waals surface area contributed by atoms with E-state index in [4.69, 9.17) is 9.47 Å². The Kier molecular flexibility index (Phi) is 7.18. The van der Waals surface area contributed by atoms with Crippen molar-refractivity contribution in [2.75, 3.05) is 13.7 Å². The van der Waals surface area contributed by atoms with Crippen LogP contribution in [0.15, 0.2) is 82.8 Å². The van der Waals surface area contributed by atoms with Crippen molar-refractivity contribution < 1.29 is 23.9 Å². The van der Waals surface area contributed by atoms with E-state index < -0.39 is 24.4 Å². The van der Waals surface area contributed by atoms with Crippen molar-refractivity contribution in [3.63, 3.8) is 0 Å². The molecule has 2 aromatic carbocycles. The molecule has 8 heteroatoms. The first-order valence-corrected chi connectivity index (χ1v) is 9.72. The smallest absolute Gasteiger partial charge is 0.341 e. The van der Waals surface area contributed by atoms with Crippen LogP contribution in [0.5, 0.6) is 5.75 Å². The molecular formula is C22H18N2O5S. The average Bonchev–Trinajstić information content (AvgIpc) is 2.78. The monoisotopic (exact) mass is 422 g/mol. The van der Waals surface area contributed by atoms with Gasteiger partial charge in [-0.3, -0.25) is 14.9 Å². The highest BCUT2D eigenvalue weighted by atomic mass is 32.2. The van der Waals surface area contributed by atoms with E-state index in [1.165, 1.54) is 24.9 Å². The van der Waals surface area contributed by atoms with Crippen molar-refractivity contribution in [3.05, 3.63) is 84.1 Å². The molecule has 30 heavy (non-hydrogen) atoms. The van der Waals surface area contributed by atoms with Crippen molar-refractivity contribution >= 4 is 29.5 Å². The molecular weight excluding hydrogens is 404 g/mol. The Balaban J connectivity index is 1.60. The van der Waals surface area contributed by atoms with E-state index in [0.29, 0.717) is 10.8 Å². The van der Waals surface area contributed by atoms with E-state index in [0.717, 1.165) is 4.90 Å². The van der Waals surface area contributed by atoms with Crippen LogP contribution in [0, 0.1) is 0 Å². The van der Waals surface area contributed by atoms with Gasteiger partial charge >= 0.3 is 5.97 Å². The predicted molar refractivity (Wildman–Crippen MR) is 111 cm³/mol. The third kappa shape index (κ3) is 5.45. The van der Waals surface area contributed by atoms with Crippen LogP contribution in [0.4, 0.5) is 0 Å². The molecule has 3 aromatic rings. The van der Waals surface area contributed by atoms with Crippen molar-refractivity contribution in [1.82, 2.24) is 10.3 Å². The number of methoxy groups -OCH3 is 1. The number of aromatic nitrogens is 1. The summed E-state index contributed by atoms with van der Waals surface area (Å²) in [6, 6.07) is 19.1. The molecule has 3 rings (SSSR count). The van der Waals surface area contributed by atoms with Gasteiger partial charge in [0.15, 0.2) is 6.61 Å². The largest absolute Gasteiger partial charge is 0.496 e. The molecule has 0 bridgehead atoms. The molecule has 0 aliphatic carbocycles. The van der Waals surface area contributed by atoms with Crippen LogP contribution in [0.1, 0.15) is 20.7 Å². The number of hydrogen-bond acceptors (Lipinski definition) is 7. The number of nitrogens with zero attached hydrogens (tertiary/aromatic N) is 1. The molecule has 0 aliphatic heterocycles. The van der Waals surface area contributed by atoms with Gasteiger partial charge in [-0.1, -0.05) is 42.1 Å². The number of esters is 1. The van der Waals surface area contributed by atoms with Crippen LogP contribution >= 0.6 is 11.8 Å². The summed E-state index contributed by atoms with van der Waals surface area (Å²) in [6.07, 6.45) is 1.57. The number of benzene rings is 2. The third-order valence-electron chi connectivity index (χ3n) is 3.89. The van der Waals surface area contributed by atoms with Gasteiger partial charge < -0.3 is 9.47 Å². The van der Waals surface area contributed by atoms with Crippen LogP contribution in [-0.2, 0) is 9.53 Å². The zero-order valence-corrected chi connectivity index (χ0v) is 16.8. The number of carbonyl (C=O) groups is 3. The van der Waals surface area contributed by atoms with Crippen LogP contribution in [0.3, 0.4) is 0 Å².